The molecule has 2 N–H and O–H groups in total. The second kappa shape index (κ2) is 4.87. The summed E-state index contributed by atoms with van der Waals surface area (Å²) >= 11 is 0. The molecule has 100 valence electrons. The zero-order valence-corrected chi connectivity index (χ0v) is 11.5. The van der Waals surface area contributed by atoms with E-state index in [0.717, 1.165) is 12.3 Å². The Labute approximate surface area is 105 Å². The fraction of sp³-hybridized carbons (Fsp3) is 1.00. The third kappa shape index (κ3) is 3.67. The summed E-state index contributed by atoms with van der Waals surface area (Å²) in [4.78, 5) is 0. The van der Waals surface area contributed by atoms with Crippen LogP contribution in [0.2, 0.25) is 0 Å². The van der Waals surface area contributed by atoms with Gasteiger partial charge in [-0.1, -0.05) is 20.8 Å². The first-order chi connectivity index (χ1) is 7.89. The maximum absolute atomic E-state index is 10.2. The Balaban J connectivity index is 1.82. The van der Waals surface area contributed by atoms with Crippen LogP contribution in [-0.2, 0) is 4.74 Å². The Kier molecular flexibility index (Phi) is 3.81. The van der Waals surface area contributed by atoms with Gasteiger partial charge in [-0.15, -0.1) is 0 Å². The van der Waals surface area contributed by atoms with Crippen molar-refractivity contribution >= 4 is 0 Å². The number of ether oxygens (including phenoxy) is 1. The lowest BCUT2D eigenvalue weighted by Gasteiger charge is -2.40. The summed E-state index contributed by atoms with van der Waals surface area (Å²) < 4.78 is 5.27. The Morgan fingerprint density at radius 2 is 2.12 bits per heavy atom. The summed E-state index contributed by atoms with van der Waals surface area (Å²) in [6.07, 6.45) is 4.54. The van der Waals surface area contributed by atoms with E-state index in [1.807, 2.05) is 0 Å². The van der Waals surface area contributed by atoms with Crippen LogP contribution in [-0.4, -0.2) is 36.5 Å². The van der Waals surface area contributed by atoms with E-state index >= 15 is 0 Å². The molecular formula is C14H27NO2. The average molecular weight is 241 g/mol. The summed E-state index contributed by atoms with van der Waals surface area (Å²) in [6.45, 7) is 8.91. The van der Waals surface area contributed by atoms with Gasteiger partial charge in [-0.3, -0.25) is 0 Å². The zero-order chi connectivity index (χ0) is 12.5. The molecule has 0 bridgehead atoms. The van der Waals surface area contributed by atoms with E-state index in [4.69, 9.17) is 4.74 Å². The molecule has 1 saturated heterocycles. The van der Waals surface area contributed by atoms with Crippen molar-refractivity contribution in [3.8, 4) is 0 Å². The van der Waals surface area contributed by atoms with E-state index in [9.17, 15) is 5.11 Å². The lowest BCUT2D eigenvalue weighted by Crippen LogP contribution is -2.48. The third-order valence-corrected chi connectivity index (χ3v) is 4.19. The van der Waals surface area contributed by atoms with Gasteiger partial charge < -0.3 is 15.2 Å². The SMILES string of the molecule is CC1CC(NCC2(O)CCOC2)CC(C)(C)C1. The maximum Gasteiger partial charge on any atom is 0.102 e. The van der Waals surface area contributed by atoms with Gasteiger partial charge in [-0.25, -0.2) is 0 Å². The summed E-state index contributed by atoms with van der Waals surface area (Å²) in [7, 11) is 0. The highest BCUT2D eigenvalue weighted by molar-refractivity contribution is 4.90. The predicted octanol–water partition coefficient (Wildman–Crippen LogP) is 1.94. The number of hydrogen-bond acceptors (Lipinski definition) is 3. The normalized spacial score (nSPS) is 41.6. The van der Waals surface area contributed by atoms with E-state index in [0.29, 0.717) is 31.2 Å². The van der Waals surface area contributed by atoms with Crippen LogP contribution in [0, 0.1) is 11.3 Å². The second-order valence-corrected chi connectivity index (χ2v) is 7.02. The standard InChI is InChI=1S/C14H27NO2/c1-11-6-12(8-13(2,3)7-11)15-9-14(16)4-5-17-10-14/h11-12,15-16H,4-10H2,1-3H3. The Morgan fingerprint density at radius 1 is 1.35 bits per heavy atom. The fourth-order valence-electron chi connectivity index (χ4n) is 3.57. The highest BCUT2D eigenvalue weighted by atomic mass is 16.5. The number of aliphatic hydroxyl groups is 1. The van der Waals surface area contributed by atoms with Crippen LogP contribution in [0.4, 0.5) is 0 Å². The molecule has 3 unspecified atom stereocenters. The molecule has 3 nitrogen and oxygen atoms in total. The largest absolute Gasteiger partial charge is 0.386 e. The molecule has 3 atom stereocenters. The van der Waals surface area contributed by atoms with E-state index in [2.05, 4.69) is 26.1 Å². The minimum atomic E-state index is -0.620. The first kappa shape index (κ1) is 13.3. The molecule has 17 heavy (non-hydrogen) atoms. The highest BCUT2D eigenvalue weighted by Gasteiger charge is 2.35. The number of rotatable bonds is 3. The van der Waals surface area contributed by atoms with Gasteiger partial charge in [-0.05, 0) is 30.6 Å². The molecule has 2 aliphatic rings. The molecule has 0 spiro atoms. The monoisotopic (exact) mass is 241 g/mol. The van der Waals surface area contributed by atoms with Crippen molar-refractivity contribution < 1.29 is 9.84 Å². The van der Waals surface area contributed by atoms with E-state index < -0.39 is 5.60 Å². The smallest absolute Gasteiger partial charge is 0.102 e. The number of hydrogen-bond donors (Lipinski definition) is 2. The molecule has 0 aromatic heterocycles. The van der Waals surface area contributed by atoms with E-state index in [1.54, 1.807) is 0 Å². The van der Waals surface area contributed by atoms with Crippen LogP contribution in [0.15, 0.2) is 0 Å². The summed E-state index contributed by atoms with van der Waals surface area (Å²) in [5.41, 5.74) is -0.186. The molecule has 1 aliphatic heterocycles. The van der Waals surface area contributed by atoms with Crippen LogP contribution >= 0.6 is 0 Å². The van der Waals surface area contributed by atoms with Crippen LogP contribution in [0.3, 0.4) is 0 Å². The molecule has 2 fully saturated rings. The van der Waals surface area contributed by atoms with Crippen LogP contribution in [0.5, 0.6) is 0 Å². The van der Waals surface area contributed by atoms with Crippen molar-refractivity contribution in [1.82, 2.24) is 5.32 Å². The molecule has 3 heteroatoms. The van der Waals surface area contributed by atoms with E-state index in [1.165, 1.54) is 19.3 Å². The first-order valence-corrected chi connectivity index (χ1v) is 6.92. The van der Waals surface area contributed by atoms with Crippen molar-refractivity contribution in [1.29, 1.82) is 0 Å². The van der Waals surface area contributed by atoms with Gasteiger partial charge in [0.1, 0.15) is 5.60 Å². The second-order valence-electron chi connectivity index (χ2n) is 7.02. The van der Waals surface area contributed by atoms with Crippen LogP contribution < -0.4 is 5.32 Å². The molecule has 1 aliphatic carbocycles. The fourth-order valence-corrected chi connectivity index (χ4v) is 3.57. The van der Waals surface area contributed by atoms with Gasteiger partial charge in [0, 0.05) is 25.6 Å². The zero-order valence-electron chi connectivity index (χ0n) is 11.5. The average Bonchev–Trinajstić information content (AvgIpc) is 2.60. The van der Waals surface area contributed by atoms with Gasteiger partial charge in [-0.2, -0.15) is 0 Å². The predicted molar refractivity (Wildman–Crippen MR) is 69.0 cm³/mol. The van der Waals surface area contributed by atoms with Crippen molar-refractivity contribution in [2.75, 3.05) is 19.8 Å². The quantitative estimate of drug-likeness (QED) is 0.793. The Morgan fingerprint density at radius 3 is 2.71 bits per heavy atom. The summed E-state index contributed by atoms with van der Waals surface area (Å²) in [5, 5.41) is 13.8. The van der Waals surface area contributed by atoms with Crippen molar-refractivity contribution in [3.63, 3.8) is 0 Å². The maximum atomic E-state index is 10.2. The molecule has 0 aromatic carbocycles. The number of nitrogens with one attached hydrogen (secondary N) is 1. The van der Waals surface area contributed by atoms with Gasteiger partial charge in [0.2, 0.25) is 0 Å². The molecular weight excluding hydrogens is 214 g/mol. The molecule has 2 rings (SSSR count). The highest BCUT2D eigenvalue weighted by Crippen LogP contribution is 2.38. The minimum Gasteiger partial charge on any atom is -0.386 e. The summed E-state index contributed by atoms with van der Waals surface area (Å²) in [5.74, 6) is 0.783. The van der Waals surface area contributed by atoms with Gasteiger partial charge in [0.05, 0.1) is 6.61 Å². The molecule has 1 saturated carbocycles. The van der Waals surface area contributed by atoms with Gasteiger partial charge in [0.15, 0.2) is 0 Å². The summed E-state index contributed by atoms with van der Waals surface area (Å²) in [6, 6.07) is 0.554. The lowest BCUT2D eigenvalue weighted by atomic mass is 9.70. The Hall–Kier alpha value is -0.120. The Bertz CT molecular complexity index is 259. The minimum absolute atomic E-state index is 0.435. The third-order valence-electron chi connectivity index (χ3n) is 4.19. The van der Waals surface area contributed by atoms with Gasteiger partial charge >= 0.3 is 0 Å². The van der Waals surface area contributed by atoms with Crippen molar-refractivity contribution in [3.05, 3.63) is 0 Å². The molecule has 0 amide bonds. The topological polar surface area (TPSA) is 41.5 Å². The van der Waals surface area contributed by atoms with Crippen LogP contribution in [0.1, 0.15) is 46.5 Å². The van der Waals surface area contributed by atoms with Crippen molar-refractivity contribution in [2.45, 2.75) is 58.1 Å². The van der Waals surface area contributed by atoms with E-state index in [-0.39, 0.29) is 0 Å². The first-order valence-electron chi connectivity index (χ1n) is 6.92. The van der Waals surface area contributed by atoms with Crippen molar-refractivity contribution in [2.24, 2.45) is 11.3 Å². The molecule has 0 aromatic rings. The molecule has 0 radical (unpaired) electrons. The van der Waals surface area contributed by atoms with Gasteiger partial charge in [0.25, 0.3) is 0 Å². The van der Waals surface area contributed by atoms with Crippen LogP contribution in [0.25, 0.3) is 0 Å². The molecule has 1 heterocycles. The lowest BCUT2D eigenvalue weighted by molar-refractivity contribution is 0.0199.